The number of likely N-dealkylation sites (tertiary alicyclic amines) is 1. The summed E-state index contributed by atoms with van der Waals surface area (Å²) in [6.07, 6.45) is 2.14. The van der Waals surface area contributed by atoms with Crippen LogP contribution in [0.15, 0.2) is 0 Å². The van der Waals surface area contributed by atoms with Crippen LogP contribution in [0.1, 0.15) is 47.5 Å². The maximum Gasteiger partial charge on any atom is 0.410 e. The number of hydrogen-bond acceptors (Lipinski definition) is 3. The Morgan fingerprint density at radius 3 is 2.53 bits per heavy atom. The lowest BCUT2D eigenvalue weighted by Crippen LogP contribution is -2.45. The van der Waals surface area contributed by atoms with E-state index in [-0.39, 0.29) is 18.3 Å². The predicted octanol–water partition coefficient (Wildman–Crippen LogP) is 2.81. The Kier molecular flexibility index (Phi) is 4.80. The third-order valence-corrected chi connectivity index (χ3v) is 2.49. The molecule has 0 aromatic carbocycles. The van der Waals surface area contributed by atoms with Crippen LogP contribution in [-0.4, -0.2) is 41.9 Å². The topological polar surface area (TPSA) is 38.8 Å². The zero-order chi connectivity index (χ0) is 13.1. The molecule has 1 heterocycles. The minimum absolute atomic E-state index is 0.149. The van der Waals surface area contributed by atoms with Crippen LogP contribution in [0.5, 0.6) is 0 Å². The fourth-order valence-electron chi connectivity index (χ4n) is 1.93. The zero-order valence-corrected chi connectivity index (χ0v) is 11.7. The quantitative estimate of drug-likeness (QED) is 0.748. The largest absolute Gasteiger partial charge is 0.444 e. The number of amides is 1. The van der Waals surface area contributed by atoms with Gasteiger partial charge in [0.25, 0.3) is 0 Å². The highest BCUT2D eigenvalue weighted by atomic mass is 16.6. The normalized spacial score (nSPS) is 21.8. The second-order valence-electron chi connectivity index (χ2n) is 5.88. The molecule has 1 rings (SSSR count). The molecule has 4 nitrogen and oxygen atoms in total. The zero-order valence-electron chi connectivity index (χ0n) is 11.7. The van der Waals surface area contributed by atoms with Crippen molar-refractivity contribution in [3.8, 4) is 0 Å². The van der Waals surface area contributed by atoms with Crippen molar-refractivity contribution in [1.29, 1.82) is 0 Å². The molecule has 0 aromatic heterocycles. The molecule has 1 aliphatic rings. The molecule has 1 unspecified atom stereocenters. The molecule has 100 valence electrons. The first kappa shape index (κ1) is 14.3. The molecular formula is C13H25NO3. The Balaban J connectivity index is 2.46. The van der Waals surface area contributed by atoms with Gasteiger partial charge in [-0.05, 0) is 47.5 Å². The fourth-order valence-corrected chi connectivity index (χ4v) is 1.93. The maximum absolute atomic E-state index is 11.9. The van der Waals surface area contributed by atoms with E-state index in [1.165, 1.54) is 0 Å². The molecule has 0 bridgehead atoms. The van der Waals surface area contributed by atoms with Gasteiger partial charge in [0.1, 0.15) is 5.60 Å². The van der Waals surface area contributed by atoms with Gasteiger partial charge in [-0.25, -0.2) is 4.79 Å². The van der Waals surface area contributed by atoms with E-state index in [0.717, 1.165) is 19.4 Å². The third kappa shape index (κ3) is 5.39. The van der Waals surface area contributed by atoms with Crippen molar-refractivity contribution in [2.45, 2.75) is 65.3 Å². The Bertz CT molecular complexity index is 258. The molecule has 1 aliphatic heterocycles. The second kappa shape index (κ2) is 5.71. The number of piperidine rings is 1. The van der Waals surface area contributed by atoms with E-state index in [4.69, 9.17) is 9.47 Å². The first-order valence-electron chi connectivity index (χ1n) is 6.41. The molecule has 0 radical (unpaired) electrons. The van der Waals surface area contributed by atoms with E-state index < -0.39 is 5.60 Å². The van der Waals surface area contributed by atoms with Crippen molar-refractivity contribution in [1.82, 2.24) is 4.90 Å². The van der Waals surface area contributed by atoms with Crippen LogP contribution in [0.25, 0.3) is 0 Å². The lowest BCUT2D eigenvalue weighted by Gasteiger charge is -2.34. The summed E-state index contributed by atoms with van der Waals surface area (Å²) in [6.45, 7) is 11.1. The van der Waals surface area contributed by atoms with Crippen LogP contribution in [0.3, 0.4) is 0 Å². The van der Waals surface area contributed by atoms with Crippen molar-refractivity contribution in [3.63, 3.8) is 0 Å². The smallest absolute Gasteiger partial charge is 0.410 e. The van der Waals surface area contributed by atoms with Crippen LogP contribution in [0.2, 0.25) is 0 Å². The minimum Gasteiger partial charge on any atom is -0.444 e. The Morgan fingerprint density at radius 1 is 1.35 bits per heavy atom. The Labute approximate surface area is 104 Å². The van der Waals surface area contributed by atoms with E-state index in [0.29, 0.717) is 6.54 Å². The minimum atomic E-state index is -0.428. The van der Waals surface area contributed by atoms with E-state index in [2.05, 4.69) is 0 Å². The third-order valence-electron chi connectivity index (χ3n) is 2.49. The number of carbonyl (C=O) groups excluding carboxylic acids is 1. The van der Waals surface area contributed by atoms with Gasteiger partial charge < -0.3 is 14.4 Å². The summed E-state index contributed by atoms with van der Waals surface area (Å²) >= 11 is 0. The lowest BCUT2D eigenvalue weighted by molar-refractivity contribution is -0.0416. The molecule has 1 saturated heterocycles. The molecular weight excluding hydrogens is 218 g/mol. The Morgan fingerprint density at radius 2 is 2.00 bits per heavy atom. The first-order chi connectivity index (χ1) is 7.78. The van der Waals surface area contributed by atoms with Crippen LogP contribution < -0.4 is 0 Å². The van der Waals surface area contributed by atoms with Gasteiger partial charge in [-0.15, -0.1) is 0 Å². The van der Waals surface area contributed by atoms with Crippen LogP contribution in [-0.2, 0) is 9.47 Å². The molecule has 0 aromatic rings. The van der Waals surface area contributed by atoms with Crippen LogP contribution in [0, 0.1) is 0 Å². The van der Waals surface area contributed by atoms with Crippen molar-refractivity contribution in [2.24, 2.45) is 0 Å². The summed E-state index contributed by atoms with van der Waals surface area (Å²) in [5, 5.41) is 0. The van der Waals surface area contributed by atoms with Gasteiger partial charge in [-0.2, -0.15) is 0 Å². The maximum atomic E-state index is 11.9. The van der Waals surface area contributed by atoms with Gasteiger partial charge in [-0.1, -0.05) is 0 Å². The van der Waals surface area contributed by atoms with Crippen LogP contribution in [0.4, 0.5) is 4.79 Å². The summed E-state index contributed by atoms with van der Waals surface area (Å²) in [7, 11) is 0. The van der Waals surface area contributed by atoms with Gasteiger partial charge in [0.2, 0.25) is 0 Å². The van der Waals surface area contributed by atoms with E-state index >= 15 is 0 Å². The SMILES string of the molecule is CC(C)OC1CCCN(C(=O)OC(C)(C)C)C1. The predicted molar refractivity (Wildman–Crippen MR) is 67.1 cm³/mol. The summed E-state index contributed by atoms with van der Waals surface area (Å²) < 4.78 is 11.1. The molecule has 1 amide bonds. The highest BCUT2D eigenvalue weighted by Crippen LogP contribution is 2.17. The van der Waals surface area contributed by atoms with Crippen molar-refractivity contribution in [3.05, 3.63) is 0 Å². The molecule has 0 saturated carbocycles. The Hall–Kier alpha value is -0.770. The molecule has 1 fully saturated rings. The number of hydrogen-bond donors (Lipinski definition) is 0. The summed E-state index contributed by atoms with van der Waals surface area (Å²) in [5.41, 5.74) is -0.428. The van der Waals surface area contributed by atoms with Crippen LogP contribution >= 0.6 is 0 Å². The molecule has 0 spiro atoms. The van der Waals surface area contributed by atoms with Gasteiger partial charge in [0.15, 0.2) is 0 Å². The molecule has 17 heavy (non-hydrogen) atoms. The highest BCUT2D eigenvalue weighted by molar-refractivity contribution is 5.68. The van der Waals surface area contributed by atoms with Crippen molar-refractivity contribution >= 4 is 6.09 Å². The fraction of sp³-hybridized carbons (Fsp3) is 0.923. The first-order valence-corrected chi connectivity index (χ1v) is 6.41. The average molecular weight is 243 g/mol. The van der Waals surface area contributed by atoms with Crippen molar-refractivity contribution < 1.29 is 14.3 Å². The summed E-state index contributed by atoms with van der Waals surface area (Å²) in [6, 6.07) is 0. The lowest BCUT2D eigenvalue weighted by atomic mass is 10.1. The van der Waals surface area contributed by atoms with Gasteiger partial charge >= 0.3 is 6.09 Å². The molecule has 1 atom stereocenters. The van der Waals surface area contributed by atoms with Gasteiger partial charge in [0, 0.05) is 6.54 Å². The second-order valence-corrected chi connectivity index (χ2v) is 5.88. The van der Waals surface area contributed by atoms with Crippen molar-refractivity contribution in [2.75, 3.05) is 13.1 Å². The number of ether oxygens (including phenoxy) is 2. The number of rotatable bonds is 2. The van der Waals surface area contributed by atoms with E-state index in [1.807, 2.05) is 34.6 Å². The van der Waals surface area contributed by atoms with E-state index in [9.17, 15) is 4.79 Å². The van der Waals surface area contributed by atoms with E-state index in [1.54, 1.807) is 4.90 Å². The summed E-state index contributed by atoms with van der Waals surface area (Å²) in [5.74, 6) is 0. The standard InChI is InChI=1S/C13H25NO3/c1-10(2)16-11-7-6-8-14(9-11)12(15)17-13(3,4)5/h10-11H,6-9H2,1-5H3. The highest BCUT2D eigenvalue weighted by Gasteiger charge is 2.28. The number of nitrogens with zero attached hydrogens (tertiary/aromatic N) is 1. The van der Waals surface area contributed by atoms with Gasteiger partial charge in [-0.3, -0.25) is 0 Å². The monoisotopic (exact) mass is 243 g/mol. The summed E-state index contributed by atoms with van der Waals surface area (Å²) in [4.78, 5) is 13.6. The van der Waals surface area contributed by atoms with Gasteiger partial charge in [0.05, 0.1) is 18.8 Å². The molecule has 0 aliphatic carbocycles. The molecule has 4 heteroatoms. The number of carbonyl (C=O) groups is 1. The molecule has 0 N–H and O–H groups in total. The average Bonchev–Trinajstić information content (AvgIpc) is 2.14.